The lowest BCUT2D eigenvalue weighted by Gasteiger charge is -2.20. The number of rotatable bonds is 0. The van der Waals surface area contributed by atoms with E-state index < -0.39 is 0 Å². The van der Waals surface area contributed by atoms with Gasteiger partial charge in [0.05, 0.1) is 159 Å². The molecule has 0 unspecified atom stereocenters. The second-order valence-corrected chi connectivity index (χ2v) is 25.0. The van der Waals surface area contributed by atoms with Crippen molar-refractivity contribution in [3.8, 4) is 69.0 Å². The molecule has 0 fully saturated rings. The van der Waals surface area contributed by atoms with Crippen LogP contribution in [-0.2, 0) is 95.4 Å². The summed E-state index contributed by atoms with van der Waals surface area (Å²) in [5.41, 5.74) is 12.1. The summed E-state index contributed by atoms with van der Waals surface area (Å²) >= 11 is 0. The van der Waals surface area contributed by atoms with Gasteiger partial charge in [0.15, 0.2) is 69.0 Å². The molecule has 0 radical (unpaired) electrons. The minimum absolute atomic E-state index is 0.235. The van der Waals surface area contributed by atoms with Crippen LogP contribution in [0, 0.1) is 0 Å². The Balaban J connectivity index is 0.966. The first-order chi connectivity index (χ1) is 50.6. The molecule has 0 amide bonds. The van der Waals surface area contributed by atoms with E-state index in [9.17, 15) is 0 Å². The predicted molar refractivity (Wildman–Crippen MR) is 371 cm³/mol. The first-order valence-electron chi connectivity index (χ1n) is 36.0. The Morgan fingerprint density at radius 2 is 0.186 bits per heavy atom. The van der Waals surface area contributed by atoms with Gasteiger partial charge < -0.3 is 114 Å². The molecule has 24 heteroatoms. The molecular formula is C78H96O24. The van der Waals surface area contributed by atoms with Crippen LogP contribution in [0.4, 0.5) is 0 Å². The first-order valence-corrected chi connectivity index (χ1v) is 36.0. The average Bonchev–Trinajstić information content (AvgIpc) is 1.56. The third-order valence-electron chi connectivity index (χ3n) is 17.9. The van der Waals surface area contributed by atoms with Crippen molar-refractivity contribution in [3.63, 3.8) is 0 Å². The molecule has 0 saturated carbocycles. The zero-order chi connectivity index (χ0) is 69.0. The summed E-state index contributed by atoms with van der Waals surface area (Å²) in [7, 11) is 0. The molecule has 6 aromatic rings. The third kappa shape index (κ3) is 21.3. The highest BCUT2D eigenvalue weighted by molar-refractivity contribution is 5.60. The summed E-state index contributed by atoms with van der Waals surface area (Å²) < 4.78 is 154. The van der Waals surface area contributed by atoms with Crippen LogP contribution in [0.1, 0.15) is 66.8 Å². The molecule has 0 aromatic heterocycles. The monoisotopic (exact) mass is 1420 g/mol. The van der Waals surface area contributed by atoms with Crippen molar-refractivity contribution in [2.45, 2.75) is 38.5 Å². The van der Waals surface area contributed by atoms with E-state index >= 15 is 0 Å². The standard InChI is InChI=1S/C78H96O24/c1-2-80-14-26-92-69-45-57-39-61-49-73-77-53-65(61)42-66-54-78-75-51-63(66)40-59(57)46-70(69)94-28-16-82-4-3-81-15-27-93-68-44-56-38-60-48-72(96-30-18-84-7-9-87-21-33-99-75)76(100-34-22-88-11-12-90-24-36-102-78)52-64(60)41-62-50-74(98-32-20-86-8-10-89-23-35-101-77)71(95-29-17-83-5-6-85-19-31-97-73)47-58(62)37-55(56)43-67(68)91-25-13-79-1/h43-54H,1-42H2. The summed E-state index contributed by atoms with van der Waals surface area (Å²) in [5.74, 6) is 6.72. The van der Waals surface area contributed by atoms with Gasteiger partial charge in [0, 0.05) is 0 Å². The van der Waals surface area contributed by atoms with Crippen LogP contribution in [0.15, 0.2) is 72.8 Å². The van der Waals surface area contributed by atoms with E-state index in [0.29, 0.717) is 187 Å². The van der Waals surface area contributed by atoms with Crippen molar-refractivity contribution in [2.24, 2.45) is 0 Å². The van der Waals surface area contributed by atoms with Crippen molar-refractivity contribution >= 4 is 0 Å². The number of hydrogen-bond donors (Lipinski definition) is 0. The van der Waals surface area contributed by atoms with E-state index in [1.807, 2.05) is 0 Å². The smallest absolute Gasteiger partial charge is 0.161 e. The van der Waals surface area contributed by atoms with Gasteiger partial charge >= 0.3 is 0 Å². The van der Waals surface area contributed by atoms with Crippen LogP contribution >= 0.6 is 0 Å². The molecule has 11 rings (SSSR count). The second kappa shape index (κ2) is 39.4. The summed E-state index contributed by atoms with van der Waals surface area (Å²) in [6, 6.07) is 25.0. The van der Waals surface area contributed by atoms with Crippen LogP contribution in [-0.4, -0.2) is 238 Å². The van der Waals surface area contributed by atoms with Crippen molar-refractivity contribution in [3.05, 3.63) is 140 Å². The maximum absolute atomic E-state index is 6.67. The highest BCUT2D eigenvalue weighted by Gasteiger charge is 2.27. The number of hydrogen-bond acceptors (Lipinski definition) is 24. The zero-order valence-electron chi connectivity index (χ0n) is 58.4. The summed E-state index contributed by atoms with van der Waals surface area (Å²) in [4.78, 5) is 0. The Morgan fingerprint density at radius 1 is 0.108 bits per heavy atom. The third-order valence-corrected chi connectivity index (χ3v) is 17.9. The Labute approximate surface area is 596 Å². The fraction of sp³-hybridized carbons (Fsp3) is 0.538. The first kappa shape index (κ1) is 72.8. The molecule has 102 heavy (non-hydrogen) atoms. The quantitative estimate of drug-likeness (QED) is 0.139. The molecule has 0 N–H and O–H groups in total. The van der Waals surface area contributed by atoms with Crippen LogP contribution in [0.3, 0.4) is 0 Å². The van der Waals surface area contributed by atoms with Gasteiger partial charge in [-0.1, -0.05) is 0 Å². The molecule has 0 atom stereocenters. The maximum Gasteiger partial charge on any atom is 0.161 e. The van der Waals surface area contributed by atoms with E-state index in [4.69, 9.17) is 114 Å². The van der Waals surface area contributed by atoms with E-state index in [1.165, 1.54) is 0 Å². The number of fused-ring (bicyclic) bond motifs is 12. The molecule has 0 saturated heterocycles. The van der Waals surface area contributed by atoms with Gasteiger partial charge in [0.1, 0.15) is 79.3 Å². The average molecular weight is 1420 g/mol. The molecule has 2 aliphatic carbocycles. The molecule has 0 bridgehead atoms. The highest BCUT2D eigenvalue weighted by atomic mass is 16.6. The van der Waals surface area contributed by atoms with Crippen molar-refractivity contribution in [1.29, 1.82) is 0 Å². The summed E-state index contributed by atoms with van der Waals surface area (Å²) in [6.45, 7) is 10.2. The van der Waals surface area contributed by atoms with E-state index in [0.717, 1.165) is 66.8 Å². The Morgan fingerprint density at radius 3 is 0.275 bits per heavy atom. The lowest BCUT2D eigenvalue weighted by atomic mass is 9.94. The Hall–Kier alpha value is -7.56. The molecule has 24 nitrogen and oxygen atoms in total. The Kier molecular flexibility index (Phi) is 28.1. The van der Waals surface area contributed by atoms with Gasteiger partial charge in [-0.2, -0.15) is 0 Å². The van der Waals surface area contributed by atoms with Gasteiger partial charge in [0.2, 0.25) is 0 Å². The fourth-order valence-electron chi connectivity index (χ4n) is 12.9. The number of ether oxygens (including phenoxy) is 24. The highest BCUT2D eigenvalue weighted by Crippen LogP contribution is 2.44. The van der Waals surface area contributed by atoms with Crippen LogP contribution in [0.25, 0.3) is 0 Å². The van der Waals surface area contributed by atoms with Crippen molar-refractivity contribution in [1.82, 2.24) is 0 Å². The molecule has 3 heterocycles. The van der Waals surface area contributed by atoms with Crippen LogP contribution in [0.2, 0.25) is 0 Å². The van der Waals surface area contributed by atoms with E-state index in [1.54, 1.807) is 0 Å². The van der Waals surface area contributed by atoms with Crippen LogP contribution < -0.4 is 56.8 Å². The topological polar surface area (TPSA) is 222 Å². The lowest BCUT2D eigenvalue weighted by Crippen LogP contribution is -2.16. The molecule has 3 aliphatic heterocycles. The second-order valence-electron chi connectivity index (χ2n) is 25.0. The van der Waals surface area contributed by atoms with Crippen molar-refractivity contribution in [2.75, 3.05) is 238 Å². The normalized spacial score (nSPS) is 19.8. The van der Waals surface area contributed by atoms with Gasteiger partial charge in [-0.15, -0.1) is 0 Å². The van der Waals surface area contributed by atoms with Gasteiger partial charge in [-0.25, -0.2) is 0 Å². The minimum Gasteiger partial charge on any atom is -0.487 e. The van der Waals surface area contributed by atoms with E-state index in [2.05, 4.69) is 72.8 Å². The number of benzene rings is 6. The van der Waals surface area contributed by atoms with Crippen LogP contribution in [0.5, 0.6) is 69.0 Å². The fourth-order valence-corrected chi connectivity index (χ4v) is 12.9. The summed E-state index contributed by atoms with van der Waals surface area (Å²) in [5, 5.41) is 0. The maximum atomic E-state index is 6.67. The van der Waals surface area contributed by atoms with Crippen molar-refractivity contribution < 1.29 is 114 Å². The molecule has 5 aliphatic rings. The summed E-state index contributed by atoms with van der Waals surface area (Å²) in [6.07, 6.45) is 2.97. The largest absolute Gasteiger partial charge is 0.487 e. The minimum atomic E-state index is 0.235. The van der Waals surface area contributed by atoms with E-state index in [-0.39, 0.29) is 159 Å². The molecule has 0 spiro atoms. The molecule has 552 valence electrons. The predicted octanol–water partition coefficient (Wildman–Crippen LogP) is 8.37. The molecule has 6 aromatic carbocycles. The van der Waals surface area contributed by atoms with Gasteiger partial charge in [-0.3, -0.25) is 0 Å². The zero-order valence-corrected chi connectivity index (χ0v) is 58.4. The Bertz CT molecular complexity index is 2790. The lowest BCUT2D eigenvalue weighted by molar-refractivity contribution is 0.0223. The van der Waals surface area contributed by atoms with Gasteiger partial charge in [0.25, 0.3) is 0 Å². The molecular weight excluding hydrogens is 1320 g/mol. The SMILES string of the molecule is c1c2c3cc4c1OCCOCCOCCOc1cc5c(cc1OCCOCCOCCO4)Cc1cc4c6cc1Cc1cc7c(cc1C5)OCCOCCOCCOc1cc(c(cc1OCCOCCOCCO7)Cc1cc(c(cc1C3)OCCOCCOCCO4)OCCOCCOCCO6)C2. The van der Waals surface area contributed by atoms with Gasteiger partial charge in [-0.05, 0) is 178 Å².